The summed E-state index contributed by atoms with van der Waals surface area (Å²) < 4.78 is 13.7. The third-order valence-electron chi connectivity index (χ3n) is 5.52. The normalized spacial score (nSPS) is 21.6. The van der Waals surface area contributed by atoms with Crippen molar-refractivity contribution < 1.29 is 14.0 Å². The first kappa shape index (κ1) is 17.9. The van der Waals surface area contributed by atoms with Gasteiger partial charge in [0.1, 0.15) is 11.9 Å². The molecule has 4 nitrogen and oxygen atoms in total. The van der Waals surface area contributed by atoms with Crippen LogP contribution in [-0.4, -0.2) is 47.3 Å². The van der Waals surface area contributed by atoms with Crippen molar-refractivity contribution in [2.24, 2.45) is 5.92 Å². The molecule has 25 heavy (non-hydrogen) atoms. The van der Waals surface area contributed by atoms with E-state index in [2.05, 4.69) is 6.92 Å². The van der Waals surface area contributed by atoms with Gasteiger partial charge in [-0.15, -0.1) is 0 Å². The molecule has 1 aromatic rings. The minimum absolute atomic E-state index is 0.0375. The Morgan fingerprint density at radius 2 is 1.84 bits per heavy atom. The van der Waals surface area contributed by atoms with Crippen molar-refractivity contribution in [2.45, 2.75) is 51.5 Å². The molecule has 0 bridgehead atoms. The predicted molar refractivity (Wildman–Crippen MR) is 94.4 cm³/mol. The fourth-order valence-electron chi connectivity index (χ4n) is 3.85. The van der Waals surface area contributed by atoms with E-state index >= 15 is 0 Å². The third kappa shape index (κ3) is 4.20. The molecule has 1 unspecified atom stereocenters. The number of amides is 2. The smallest absolute Gasteiger partial charge is 0.245 e. The highest BCUT2D eigenvalue weighted by molar-refractivity contribution is 5.88. The Hall–Kier alpha value is -1.91. The fraction of sp³-hybridized carbons (Fsp3) is 0.600. The molecule has 0 aromatic heterocycles. The Morgan fingerprint density at radius 1 is 1.12 bits per heavy atom. The van der Waals surface area contributed by atoms with Crippen molar-refractivity contribution >= 4 is 11.8 Å². The lowest BCUT2D eigenvalue weighted by Crippen LogP contribution is -2.49. The van der Waals surface area contributed by atoms with Crippen molar-refractivity contribution in [1.29, 1.82) is 0 Å². The van der Waals surface area contributed by atoms with Gasteiger partial charge >= 0.3 is 0 Å². The van der Waals surface area contributed by atoms with Gasteiger partial charge in [-0.25, -0.2) is 4.39 Å². The van der Waals surface area contributed by atoms with Crippen molar-refractivity contribution in [2.75, 3.05) is 19.6 Å². The van der Waals surface area contributed by atoms with Gasteiger partial charge in [0, 0.05) is 26.1 Å². The van der Waals surface area contributed by atoms with Crippen LogP contribution in [0, 0.1) is 11.7 Å². The van der Waals surface area contributed by atoms with Gasteiger partial charge in [-0.3, -0.25) is 9.59 Å². The highest BCUT2D eigenvalue weighted by Crippen LogP contribution is 2.24. The molecule has 2 aliphatic rings. The van der Waals surface area contributed by atoms with Crippen LogP contribution in [0.4, 0.5) is 4.39 Å². The summed E-state index contributed by atoms with van der Waals surface area (Å²) in [6, 6.07) is 6.24. The van der Waals surface area contributed by atoms with E-state index in [-0.39, 0.29) is 30.1 Å². The minimum Gasteiger partial charge on any atom is -0.341 e. The Labute approximate surface area is 149 Å². The summed E-state index contributed by atoms with van der Waals surface area (Å²) in [5.74, 6) is 0.464. The molecule has 3 rings (SSSR count). The van der Waals surface area contributed by atoms with E-state index in [1.807, 2.05) is 4.90 Å². The molecule has 0 spiro atoms. The van der Waals surface area contributed by atoms with Crippen LogP contribution in [0.25, 0.3) is 0 Å². The lowest BCUT2D eigenvalue weighted by molar-refractivity contribution is -0.144. The van der Waals surface area contributed by atoms with Crippen molar-refractivity contribution in [3.63, 3.8) is 0 Å². The molecule has 2 aliphatic heterocycles. The van der Waals surface area contributed by atoms with Crippen LogP contribution < -0.4 is 0 Å². The molecule has 136 valence electrons. The van der Waals surface area contributed by atoms with Crippen molar-refractivity contribution in [3.8, 4) is 0 Å². The zero-order valence-corrected chi connectivity index (χ0v) is 14.9. The SMILES string of the molecule is CC1CCN(C(=O)C2CCCN2C(=O)CCc2ccccc2F)CC1. The van der Waals surface area contributed by atoms with E-state index < -0.39 is 0 Å². The average molecular weight is 346 g/mol. The first-order valence-corrected chi connectivity index (χ1v) is 9.38. The summed E-state index contributed by atoms with van der Waals surface area (Å²) in [5, 5.41) is 0. The highest BCUT2D eigenvalue weighted by atomic mass is 19.1. The number of halogens is 1. The molecule has 0 radical (unpaired) electrons. The molecule has 2 saturated heterocycles. The molecule has 2 heterocycles. The van der Waals surface area contributed by atoms with Crippen LogP contribution in [0.3, 0.4) is 0 Å². The van der Waals surface area contributed by atoms with E-state index in [1.54, 1.807) is 23.1 Å². The van der Waals surface area contributed by atoms with Crippen LogP contribution >= 0.6 is 0 Å². The summed E-state index contributed by atoms with van der Waals surface area (Å²) in [6.07, 6.45) is 4.33. The van der Waals surface area contributed by atoms with Gasteiger partial charge in [0.05, 0.1) is 0 Å². The Kier molecular flexibility index (Phi) is 5.71. The number of aryl methyl sites for hydroxylation is 1. The van der Waals surface area contributed by atoms with Crippen LogP contribution in [0.15, 0.2) is 24.3 Å². The molecule has 1 atom stereocenters. The van der Waals surface area contributed by atoms with E-state index in [0.29, 0.717) is 24.4 Å². The molecule has 1 aromatic carbocycles. The van der Waals surface area contributed by atoms with Gasteiger partial charge in [-0.05, 0) is 49.7 Å². The molecular weight excluding hydrogens is 319 g/mol. The maximum Gasteiger partial charge on any atom is 0.245 e. The number of carbonyl (C=O) groups is 2. The average Bonchev–Trinajstić information content (AvgIpc) is 3.10. The van der Waals surface area contributed by atoms with Crippen LogP contribution in [0.5, 0.6) is 0 Å². The van der Waals surface area contributed by atoms with Gasteiger partial charge in [0.2, 0.25) is 11.8 Å². The van der Waals surface area contributed by atoms with E-state index in [1.165, 1.54) is 6.07 Å². The molecule has 0 saturated carbocycles. The van der Waals surface area contributed by atoms with Gasteiger partial charge in [-0.2, -0.15) is 0 Å². The number of carbonyl (C=O) groups excluding carboxylic acids is 2. The third-order valence-corrected chi connectivity index (χ3v) is 5.52. The summed E-state index contributed by atoms with van der Waals surface area (Å²) in [5.41, 5.74) is 0.558. The van der Waals surface area contributed by atoms with Crippen LogP contribution in [0.1, 0.15) is 44.6 Å². The van der Waals surface area contributed by atoms with E-state index in [4.69, 9.17) is 0 Å². The van der Waals surface area contributed by atoms with Gasteiger partial charge in [0.15, 0.2) is 0 Å². The second-order valence-corrected chi connectivity index (χ2v) is 7.34. The maximum absolute atomic E-state index is 13.7. The number of nitrogens with zero attached hydrogens (tertiary/aromatic N) is 2. The first-order valence-electron chi connectivity index (χ1n) is 9.38. The van der Waals surface area contributed by atoms with Gasteiger partial charge in [0.25, 0.3) is 0 Å². The van der Waals surface area contributed by atoms with Crippen LogP contribution in [-0.2, 0) is 16.0 Å². The summed E-state index contributed by atoms with van der Waals surface area (Å²) in [4.78, 5) is 29.1. The largest absolute Gasteiger partial charge is 0.341 e. The Morgan fingerprint density at radius 3 is 2.56 bits per heavy atom. The number of benzene rings is 1. The van der Waals surface area contributed by atoms with Crippen LogP contribution in [0.2, 0.25) is 0 Å². The van der Waals surface area contributed by atoms with Crippen molar-refractivity contribution in [3.05, 3.63) is 35.6 Å². The fourth-order valence-corrected chi connectivity index (χ4v) is 3.85. The maximum atomic E-state index is 13.7. The van der Waals surface area contributed by atoms with Crippen molar-refractivity contribution in [1.82, 2.24) is 9.80 Å². The molecular formula is C20H27FN2O2. The minimum atomic E-state index is -0.318. The number of hydrogen-bond donors (Lipinski definition) is 0. The standard InChI is InChI=1S/C20H27FN2O2/c1-15-10-13-22(14-11-15)20(25)18-7-4-12-23(18)19(24)9-8-16-5-2-3-6-17(16)21/h2-3,5-6,15,18H,4,7-14H2,1H3. The second-order valence-electron chi connectivity index (χ2n) is 7.34. The summed E-state index contributed by atoms with van der Waals surface area (Å²) >= 11 is 0. The van der Waals surface area contributed by atoms with Gasteiger partial charge in [-0.1, -0.05) is 25.1 Å². The number of rotatable bonds is 4. The zero-order valence-electron chi connectivity index (χ0n) is 14.9. The summed E-state index contributed by atoms with van der Waals surface area (Å²) in [7, 11) is 0. The summed E-state index contributed by atoms with van der Waals surface area (Å²) in [6.45, 7) is 4.45. The number of piperidine rings is 1. The number of likely N-dealkylation sites (tertiary alicyclic amines) is 2. The zero-order chi connectivity index (χ0) is 17.8. The molecule has 5 heteroatoms. The number of hydrogen-bond acceptors (Lipinski definition) is 2. The monoisotopic (exact) mass is 346 g/mol. The molecule has 0 aliphatic carbocycles. The molecule has 0 N–H and O–H groups in total. The predicted octanol–water partition coefficient (Wildman–Crippen LogP) is 3.01. The van der Waals surface area contributed by atoms with E-state index in [0.717, 1.165) is 38.8 Å². The topological polar surface area (TPSA) is 40.6 Å². The Bertz CT molecular complexity index is 626. The van der Waals surface area contributed by atoms with Gasteiger partial charge < -0.3 is 9.80 Å². The second kappa shape index (κ2) is 7.98. The first-order chi connectivity index (χ1) is 12.1. The quantitative estimate of drug-likeness (QED) is 0.841. The molecule has 2 fully saturated rings. The highest BCUT2D eigenvalue weighted by Gasteiger charge is 2.36. The van der Waals surface area contributed by atoms with E-state index in [9.17, 15) is 14.0 Å². The Balaban J connectivity index is 1.58. The lowest BCUT2D eigenvalue weighted by atomic mass is 9.98. The lowest BCUT2D eigenvalue weighted by Gasteiger charge is -2.34. The molecule has 2 amide bonds.